The number of ether oxygens (including phenoxy) is 1. The topological polar surface area (TPSA) is 100 Å². The minimum Gasteiger partial charge on any atom is -0.445 e. The third-order valence-electron chi connectivity index (χ3n) is 6.37. The van der Waals surface area contributed by atoms with Crippen molar-refractivity contribution in [1.82, 2.24) is 25.6 Å². The lowest BCUT2D eigenvalue weighted by molar-refractivity contribution is -0.119. The monoisotopic (exact) mass is 517 g/mol. The first-order chi connectivity index (χ1) is 16.9. The Morgan fingerprint density at radius 3 is 2.71 bits per heavy atom. The molecule has 1 aromatic heterocycles. The van der Waals surface area contributed by atoms with Crippen LogP contribution in [-0.4, -0.2) is 57.9 Å². The number of halogens is 2. The summed E-state index contributed by atoms with van der Waals surface area (Å²) in [6.07, 6.45) is 2.24. The van der Waals surface area contributed by atoms with Gasteiger partial charge in [-0.2, -0.15) is 15.4 Å². The number of nitrogens with zero attached hydrogens (tertiary/aromatic N) is 3. The lowest BCUT2D eigenvalue weighted by Crippen LogP contribution is -2.37. The van der Waals surface area contributed by atoms with Crippen molar-refractivity contribution < 1.29 is 14.3 Å². The summed E-state index contributed by atoms with van der Waals surface area (Å²) in [6, 6.07) is 11.0. The second kappa shape index (κ2) is 11.8. The SMILES string of the molecule is CCC(CC(=O)CCN1CCC(NC(=O)OCc2cc(Cl)cc(Cl)c2)C1)c1ccc2n[nH]nc2c1. The van der Waals surface area contributed by atoms with Gasteiger partial charge in [0.15, 0.2) is 0 Å². The first-order valence-corrected chi connectivity index (χ1v) is 12.6. The van der Waals surface area contributed by atoms with Crippen LogP contribution in [0.3, 0.4) is 0 Å². The smallest absolute Gasteiger partial charge is 0.407 e. The van der Waals surface area contributed by atoms with E-state index in [1.807, 2.05) is 18.2 Å². The van der Waals surface area contributed by atoms with Gasteiger partial charge in [-0.3, -0.25) is 4.79 Å². The molecule has 2 aromatic carbocycles. The Morgan fingerprint density at radius 1 is 1.17 bits per heavy atom. The quantitative estimate of drug-likeness (QED) is 0.387. The standard InChI is InChI=1S/C25H29Cl2N5O3/c1-2-17(18-3-4-23-24(12-18)30-31-29-23)11-22(33)6-8-32-7-5-21(14-32)28-25(34)35-15-16-9-19(26)13-20(27)10-16/h3-4,9-10,12-13,17,21H,2,5-8,11,14-15H2,1H3,(H,28,34)(H,29,30,31). The molecule has 2 unspecified atom stereocenters. The number of benzene rings is 2. The number of carbonyl (C=O) groups is 2. The van der Waals surface area contributed by atoms with Crippen LogP contribution in [0.4, 0.5) is 4.79 Å². The lowest BCUT2D eigenvalue weighted by Gasteiger charge is -2.18. The van der Waals surface area contributed by atoms with Gasteiger partial charge in [0.2, 0.25) is 0 Å². The van der Waals surface area contributed by atoms with Crippen LogP contribution < -0.4 is 5.32 Å². The molecule has 4 rings (SSSR count). The minimum absolute atomic E-state index is 0.00173. The molecule has 1 saturated heterocycles. The summed E-state index contributed by atoms with van der Waals surface area (Å²) < 4.78 is 5.30. The molecule has 0 aliphatic carbocycles. The van der Waals surface area contributed by atoms with Crippen molar-refractivity contribution >= 4 is 46.1 Å². The number of H-pyrrole nitrogens is 1. The highest BCUT2D eigenvalue weighted by atomic mass is 35.5. The molecule has 2 heterocycles. The van der Waals surface area contributed by atoms with E-state index in [-0.39, 0.29) is 24.3 Å². The third-order valence-corrected chi connectivity index (χ3v) is 6.81. The van der Waals surface area contributed by atoms with E-state index in [0.717, 1.165) is 41.5 Å². The van der Waals surface area contributed by atoms with Crippen molar-refractivity contribution in [3.05, 3.63) is 57.6 Å². The summed E-state index contributed by atoms with van der Waals surface area (Å²) in [6.45, 7) is 4.42. The van der Waals surface area contributed by atoms with Gasteiger partial charge in [0, 0.05) is 48.6 Å². The highest BCUT2D eigenvalue weighted by Gasteiger charge is 2.25. The van der Waals surface area contributed by atoms with Crippen LogP contribution in [-0.2, 0) is 16.1 Å². The number of rotatable bonds is 10. The maximum Gasteiger partial charge on any atom is 0.407 e. The number of aromatic nitrogens is 3. The Labute approximate surface area is 214 Å². The number of likely N-dealkylation sites (tertiary alicyclic amines) is 1. The molecule has 10 heteroatoms. The zero-order valence-corrected chi connectivity index (χ0v) is 21.1. The Kier molecular flexibility index (Phi) is 8.59. The summed E-state index contributed by atoms with van der Waals surface area (Å²) in [5, 5.41) is 14.8. The van der Waals surface area contributed by atoms with Crippen LogP contribution in [0, 0.1) is 0 Å². The van der Waals surface area contributed by atoms with Gasteiger partial charge in [-0.1, -0.05) is 36.2 Å². The molecule has 0 bridgehead atoms. The van der Waals surface area contributed by atoms with Crippen molar-refractivity contribution in [3.63, 3.8) is 0 Å². The van der Waals surface area contributed by atoms with Gasteiger partial charge in [-0.05, 0) is 60.2 Å². The Bertz CT molecular complexity index is 1160. The molecule has 0 radical (unpaired) electrons. The summed E-state index contributed by atoms with van der Waals surface area (Å²) in [7, 11) is 0. The van der Waals surface area contributed by atoms with E-state index < -0.39 is 6.09 Å². The molecule has 2 N–H and O–H groups in total. The highest BCUT2D eigenvalue weighted by Crippen LogP contribution is 2.26. The number of ketones is 1. The minimum atomic E-state index is -0.473. The van der Waals surface area contributed by atoms with Gasteiger partial charge >= 0.3 is 6.09 Å². The second-order valence-corrected chi connectivity index (χ2v) is 9.83. The Morgan fingerprint density at radius 2 is 1.94 bits per heavy atom. The van der Waals surface area contributed by atoms with E-state index in [9.17, 15) is 9.59 Å². The summed E-state index contributed by atoms with van der Waals surface area (Å²) in [5.41, 5.74) is 3.49. The van der Waals surface area contributed by atoms with Crippen LogP contribution in [0.15, 0.2) is 36.4 Å². The molecule has 35 heavy (non-hydrogen) atoms. The number of nitrogens with one attached hydrogen (secondary N) is 2. The van der Waals surface area contributed by atoms with Gasteiger partial charge in [0.25, 0.3) is 0 Å². The zero-order valence-electron chi connectivity index (χ0n) is 19.6. The molecule has 0 spiro atoms. The van der Waals surface area contributed by atoms with Gasteiger partial charge in [0.05, 0.1) is 0 Å². The van der Waals surface area contributed by atoms with E-state index in [1.54, 1.807) is 18.2 Å². The molecule has 8 nitrogen and oxygen atoms in total. The van der Waals surface area contributed by atoms with Gasteiger partial charge < -0.3 is 15.0 Å². The largest absolute Gasteiger partial charge is 0.445 e. The van der Waals surface area contributed by atoms with E-state index in [2.05, 4.69) is 32.6 Å². The number of carbonyl (C=O) groups excluding carboxylic acids is 2. The molecule has 1 fully saturated rings. The van der Waals surface area contributed by atoms with Crippen molar-refractivity contribution in [2.24, 2.45) is 0 Å². The van der Waals surface area contributed by atoms with Crippen LogP contribution in [0.25, 0.3) is 11.0 Å². The van der Waals surface area contributed by atoms with Gasteiger partial charge in [0.1, 0.15) is 23.4 Å². The predicted molar refractivity (Wildman–Crippen MR) is 136 cm³/mol. The lowest BCUT2D eigenvalue weighted by atomic mass is 9.90. The van der Waals surface area contributed by atoms with E-state index in [0.29, 0.717) is 36.0 Å². The number of alkyl carbamates (subject to hydrolysis) is 1. The average Bonchev–Trinajstić information content (AvgIpc) is 3.48. The van der Waals surface area contributed by atoms with Gasteiger partial charge in [-0.15, -0.1) is 0 Å². The normalized spacial score (nSPS) is 16.9. The molecule has 1 aliphatic rings. The van der Waals surface area contributed by atoms with Gasteiger partial charge in [-0.25, -0.2) is 4.79 Å². The maximum absolute atomic E-state index is 12.7. The van der Waals surface area contributed by atoms with Crippen molar-refractivity contribution in [1.29, 1.82) is 0 Å². The molecular formula is C25H29Cl2N5O3. The fourth-order valence-electron chi connectivity index (χ4n) is 4.47. The van der Waals surface area contributed by atoms with Crippen LogP contribution in [0.1, 0.15) is 49.7 Å². The first-order valence-electron chi connectivity index (χ1n) is 11.8. The number of amides is 1. The molecule has 0 saturated carbocycles. The third kappa shape index (κ3) is 7.16. The average molecular weight is 518 g/mol. The maximum atomic E-state index is 12.7. The number of aromatic amines is 1. The van der Waals surface area contributed by atoms with Crippen LogP contribution in [0.5, 0.6) is 0 Å². The Balaban J connectivity index is 1.18. The second-order valence-electron chi connectivity index (χ2n) is 8.95. The van der Waals surface area contributed by atoms with Crippen molar-refractivity contribution in [3.8, 4) is 0 Å². The molecular weight excluding hydrogens is 489 g/mol. The Hall–Kier alpha value is -2.68. The molecule has 186 valence electrons. The predicted octanol–water partition coefficient (Wildman–Crippen LogP) is 5.11. The molecule has 2 atom stereocenters. The number of Topliss-reactive ketones (excluding diaryl/α,β-unsaturated/α-hetero) is 1. The van der Waals surface area contributed by atoms with Crippen molar-refractivity contribution in [2.45, 2.75) is 51.2 Å². The summed E-state index contributed by atoms with van der Waals surface area (Å²) in [5.74, 6) is 0.411. The van der Waals surface area contributed by atoms with E-state index in [4.69, 9.17) is 27.9 Å². The molecule has 3 aromatic rings. The van der Waals surface area contributed by atoms with Crippen LogP contribution in [0.2, 0.25) is 10.0 Å². The fourth-order valence-corrected chi connectivity index (χ4v) is 5.05. The zero-order chi connectivity index (χ0) is 24.8. The summed E-state index contributed by atoms with van der Waals surface area (Å²) >= 11 is 12.0. The molecule has 1 amide bonds. The number of hydrogen-bond acceptors (Lipinski definition) is 6. The van der Waals surface area contributed by atoms with Crippen molar-refractivity contribution in [2.75, 3.05) is 19.6 Å². The summed E-state index contributed by atoms with van der Waals surface area (Å²) in [4.78, 5) is 27.1. The first kappa shape index (κ1) is 25.4. The number of hydrogen-bond donors (Lipinski definition) is 2. The molecule has 1 aliphatic heterocycles. The number of fused-ring (bicyclic) bond motifs is 1. The van der Waals surface area contributed by atoms with E-state index in [1.165, 1.54) is 0 Å². The highest BCUT2D eigenvalue weighted by molar-refractivity contribution is 6.34. The fraction of sp³-hybridized carbons (Fsp3) is 0.440. The van der Waals surface area contributed by atoms with E-state index >= 15 is 0 Å². The van der Waals surface area contributed by atoms with Crippen LogP contribution >= 0.6 is 23.2 Å².